The molecule has 6 atom stereocenters. The van der Waals surface area contributed by atoms with Crippen molar-refractivity contribution in [1.29, 1.82) is 0 Å². The van der Waals surface area contributed by atoms with Crippen LogP contribution in [0.15, 0.2) is 67.1 Å². The van der Waals surface area contributed by atoms with Gasteiger partial charge in [0, 0.05) is 47.4 Å². The number of hydrogen-bond acceptors (Lipinski definition) is 8. The number of carbonyl (C=O) groups is 1. The number of halogens is 1. The molecular weight excluding hydrogens is 648 g/mol. The second kappa shape index (κ2) is 12.8. The third-order valence-corrected chi connectivity index (χ3v) is 13.5. The van der Waals surface area contributed by atoms with Crippen LogP contribution in [-0.4, -0.2) is 59.9 Å². The number of allylic oxidation sites excluding steroid dienone is 1. The molecule has 1 fully saturated rings. The highest BCUT2D eigenvalue weighted by atomic mass is 35.5. The lowest BCUT2D eigenvalue weighted by Crippen LogP contribution is -2.53. The second-order valence-corrected chi connectivity index (χ2v) is 16.9. The van der Waals surface area contributed by atoms with Gasteiger partial charge in [-0.15, -0.1) is 0 Å². The molecule has 0 saturated heterocycles. The number of rotatable bonds is 2. The van der Waals surface area contributed by atoms with Crippen LogP contribution in [0.5, 0.6) is 5.75 Å². The Morgan fingerprint density at radius 1 is 1.15 bits per heavy atom. The maximum atomic E-state index is 13.5. The molecule has 1 saturated carbocycles. The van der Waals surface area contributed by atoms with Crippen molar-refractivity contribution in [3.05, 3.63) is 94.5 Å². The average molecular weight is 691 g/mol. The number of carbonyl (C=O) groups excluding carboxylic acids is 1. The van der Waals surface area contributed by atoms with Gasteiger partial charge in [0.05, 0.1) is 23.1 Å². The summed E-state index contributed by atoms with van der Waals surface area (Å²) in [6, 6.07) is 13.2. The van der Waals surface area contributed by atoms with Crippen LogP contribution in [0.4, 0.5) is 5.69 Å². The highest BCUT2D eigenvalue weighted by Gasteiger charge is 2.48. The number of ether oxygens (including phenoxy) is 1. The minimum atomic E-state index is -3.99. The van der Waals surface area contributed by atoms with E-state index in [1.54, 1.807) is 31.3 Å². The number of sulfonamides is 1. The predicted octanol–water partition coefficient (Wildman–Crippen LogP) is 5.65. The van der Waals surface area contributed by atoms with E-state index in [-0.39, 0.29) is 28.7 Å². The molecule has 7 rings (SSSR count). The first kappa shape index (κ1) is 33.0. The number of benzene rings is 2. The number of nitrogens with zero attached hydrogens (tertiary/aromatic N) is 3. The maximum Gasteiger partial charge on any atom is 0.264 e. The van der Waals surface area contributed by atoms with Gasteiger partial charge in [-0.05, 0) is 111 Å². The highest BCUT2D eigenvalue weighted by Crippen LogP contribution is 2.49. The fourth-order valence-corrected chi connectivity index (χ4v) is 9.76. The lowest BCUT2D eigenvalue weighted by Gasteiger charge is -2.49. The Kier molecular flexibility index (Phi) is 8.79. The van der Waals surface area contributed by atoms with Crippen molar-refractivity contribution in [3.63, 3.8) is 0 Å². The van der Waals surface area contributed by atoms with E-state index in [1.807, 2.05) is 31.2 Å². The monoisotopic (exact) mass is 690 g/mol. The maximum absolute atomic E-state index is 13.5. The fraction of sp³-hybridized carbons (Fsp3) is 0.486. The van der Waals surface area contributed by atoms with Gasteiger partial charge >= 0.3 is 0 Å². The van der Waals surface area contributed by atoms with Gasteiger partial charge < -0.3 is 14.7 Å². The van der Waals surface area contributed by atoms with Gasteiger partial charge in [-0.1, -0.05) is 36.7 Å². The second-order valence-electron chi connectivity index (χ2n) is 14.4. The Balaban J connectivity index is 1.32. The van der Waals surface area contributed by atoms with Crippen LogP contribution in [0, 0.1) is 17.8 Å². The van der Waals surface area contributed by atoms with E-state index in [0.29, 0.717) is 38.3 Å². The largest absolute Gasteiger partial charge is 0.490 e. The molecule has 2 aliphatic carbocycles. The number of aromatic nitrogens is 2. The Bertz CT molecular complexity index is 1840. The molecule has 1 amide bonds. The number of fused-ring (bicyclic) bond motifs is 4. The summed E-state index contributed by atoms with van der Waals surface area (Å²) in [6.45, 7) is 5.23. The van der Waals surface area contributed by atoms with Crippen molar-refractivity contribution in [2.75, 3.05) is 24.6 Å². The normalized spacial score (nSPS) is 32.1. The molecule has 2 aromatic carbocycles. The Hall–Kier alpha value is -3.47. The third-order valence-electron chi connectivity index (χ3n) is 11.4. The first-order valence-electron chi connectivity index (χ1n) is 17.0. The van der Waals surface area contributed by atoms with Gasteiger partial charge in [0.25, 0.3) is 5.91 Å². The smallest absolute Gasteiger partial charge is 0.264 e. The van der Waals surface area contributed by atoms with Gasteiger partial charge in [-0.2, -0.15) is 0 Å². The lowest BCUT2D eigenvalue weighted by atomic mass is 9.62. The average Bonchev–Trinajstić information content (AvgIpc) is 3.19. The first-order valence-corrected chi connectivity index (χ1v) is 18.9. The zero-order valence-corrected chi connectivity index (χ0v) is 29.0. The van der Waals surface area contributed by atoms with E-state index in [0.717, 1.165) is 48.5 Å². The van der Waals surface area contributed by atoms with Crippen molar-refractivity contribution in [1.82, 2.24) is 14.7 Å². The van der Waals surface area contributed by atoms with E-state index in [2.05, 4.69) is 31.7 Å². The number of aliphatic hydroxyl groups is 1. The summed E-state index contributed by atoms with van der Waals surface area (Å²) in [4.78, 5) is 24.3. The number of hydrogen-bond donors (Lipinski definition) is 2. The van der Waals surface area contributed by atoms with E-state index in [9.17, 15) is 18.3 Å². The minimum absolute atomic E-state index is 0.0550. The summed E-state index contributed by atoms with van der Waals surface area (Å²) < 4.78 is 35.8. The molecule has 9 nitrogen and oxygen atoms in total. The zero-order valence-electron chi connectivity index (χ0n) is 27.4. The van der Waals surface area contributed by atoms with Crippen LogP contribution >= 0.6 is 11.6 Å². The summed E-state index contributed by atoms with van der Waals surface area (Å²) in [5.74, 6) is -0.208. The van der Waals surface area contributed by atoms with Crippen molar-refractivity contribution >= 4 is 33.2 Å². The van der Waals surface area contributed by atoms with Gasteiger partial charge in [0.15, 0.2) is 0 Å². The Morgan fingerprint density at radius 3 is 2.77 bits per heavy atom. The van der Waals surface area contributed by atoms with E-state index >= 15 is 0 Å². The molecule has 1 spiro atoms. The summed E-state index contributed by atoms with van der Waals surface area (Å²) in [7, 11) is -3.99. The van der Waals surface area contributed by atoms with Gasteiger partial charge in [0.1, 0.15) is 12.1 Å². The number of nitrogens with one attached hydrogen (secondary N) is 1. The summed E-state index contributed by atoms with van der Waals surface area (Å²) in [5.41, 5.74) is 2.73. The molecule has 0 unspecified atom stereocenters. The first-order chi connectivity index (χ1) is 23.0. The Labute approximate surface area is 287 Å². The standard InChI is InChI=1S/C37H43ClN4O5S/c1-24-5-3-15-37(44,19-30-13-16-39-23-40-30)32-10-7-28(32)20-42-21-36(14-4-6-26-17-29(38)9-11-31(26)36)22-47-34-12-8-27(18-33(34)42)35(43)41-48(45,46)25(24)2/h3,8-9,11-13,15-18,23-25,28,32,44H,4-7,10,14,19-22H2,1-2H3,(H,41,43)/b15-3+/t24-,25+,28-,32+,36-,37-/m0/s1. The molecule has 0 radical (unpaired) electrons. The molecule has 3 aromatic rings. The molecule has 11 heteroatoms. The van der Waals surface area contributed by atoms with E-state index in [1.165, 1.54) is 17.5 Å². The third kappa shape index (κ3) is 6.23. The van der Waals surface area contributed by atoms with Crippen molar-refractivity contribution in [3.8, 4) is 5.75 Å². The number of aryl methyl sites for hydroxylation is 1. The van der Waals surface area contributed by atoms with E-state index in [4.69, 9.17) is 16.3 Å². The van der Waals surface area contributed by atoms with Crippen molar-refractivity contribution in [2.24, 2.45) is 17.8 Å². The predicted molar refractivity (Wildman–Crippen MR) is 186 cm³/mol. The van der Waals surface area contributed by atoms with Crippen molar-refractivity contribution < 1.29 is 23.1 Å². The van der Waals surface area contributed by atoms with Crippen LogP contribution in [0.2, 0.25) is 5.02 Å². The number of anilines is 1. The van der Waals surface area contributed by atoms with Crippen LogP contribution < -0.4 is 14.4 Å². The van der Waals surface area contributed by atoms with Gasteiger partial charge in [0.2, 0.25) is 10.0 Å². The van der Waals surface area contributed by atoms with E-state index < -0.39 is 26.8 Å². The minimum Gasteiger partial charge on any atom is -0.490 e. The van der Waals surface area contributed by atoms with Gasteiger partial charge in [-0.3, -0.25) is 4.79 Å². The van der Waals surface area contributed by atoms with Crippen LogP contribution in [0.1, 0.15) is 73.1 Å². The van der Waals surface area contributed by atoms with Crippen LogP contribution in [0.25, 0.3) is 0 Å². The quantitative estimate of drug-likeness (QED) is 0.331. The lowest BCUT2D eigenvalue weighted by molar-refractivity contribution is -0.0453. The van der Waals surface area contributed by atoms with Crippen molar-refractivity contribution in [2.45, 2.75) is 75.1 Å². The Morgan fingerprint density at radius 2 is 2.00 bits per heavy atom. The molecule has 254 valence electrons. The summed E-state index contributed by atoms with van der Waals surface area (Å²) in [6.07, 6.45) is 12.4. The van der Waals surface area contributed by atoms with Gasteiger partial charge in [-0.25, -0.2) is 23.1 Å². The molecule has 2 aliphatic heterocycles. The summed E-state index contributed by atoms with van der Waals surface area (Å²) >= 11 is 6.44. The molecule has 48 heavy (non-hydrogen) atoms. The number of amides is 1. The highest BCUT2D eigenvalue weighted by molar-refractivity contribution is 7.90. The van der Waals surface area contributed by atoms with Crippen LogP contribution in [0.3, 0.4) is 0 Å². The zero-order chi connectivity index (χ0) is 33.7. The molecule has 2 N–H and O–H groups in total. The molecule has 3 heterocycles. The fourth-order valence-electron chi connectivity index (χ4n) is 8.28. The molecule has 2 bridgehead atoms. The molecule has 1 aromatic heterocycles. The topological polar surface area (TPSA) is 122 Å². The SMILES string of the molecule is C[C@@H]1[C@@H](C)C/C=C/[C@](O)(Cc2ccncn2)[C@@H]2CC[C@H]2CN2C[C@@]3(CCCc4cc(Cl)ccc43)COc3ccc(cc32)C(=O)NS1(=O)=O. The van der Waals surface area contributed by atoms with Crippen LogP contribution in [-0.2, 0) is 28.3 Å². The summed E-state index contributed by atoms with van der Waals surface area (Å²) in [5, 5.41) is 12.3. The molecular formula is C37H43ClN4O5S. The molecule has 4 aliphatic rings.